The summed E-state index contributed by atoms with van der Waals surface area (Å²) in [6.45, 7) is 14.5. The normalized spacial score (nSPS) is 18.8. The summed E-state index contributed by atoms with van der Waals surface area (Å²) in [7, 11) is -2.69. The number of benzene rings is 1. The lowest BCUT2D eigenvalue weighted by Gasteiger charge is -2.40. The van der Waals surface area contributed by atoms with Crippen LogP contribution in [-0.4, -0.2) is 21.1 Å². The minimum absolute atomic E-state index is 1.28. The highest BCUT2D eigenvalue weighted by Crippen LogP contribution is 2.29. The van der Waals surface area contributed by atoms with E-state index in [-0.39, 0.29) is 0 Å². The fourth-order valence-corrected chi connectivity index (χ4v) is 14.5. The molecule has 0 saturated carbocycles. The van der Waals surface area contributed by atoms with E-state index < -0.39 is 16.1 Å². The van der Waals surface area contributed by atoms with Gasteiger partial charge in [-0.3, -0.25) is 4.98 Å². The standard InChI is InChI=1S/C19H27NSi2/c1-14-11-15(2)13-16(12-14)18-19-17(7-8-20-18)21(3,4)9-10-22(19,5)6/h7-8,11-13H,9-10H2,1-6H3. The summed E-state index contributed by atoms with van der Waals surface area (Å²) < 4.78 is 0. The molecule has 1 aromatic heterocycles. The Bertz CT molecular complexity index is 712. The second-order valence-corrected chi connectivity index (χ2v) is 17.8. The first-order valence-corrected chi connectivity index (χ1v) is 14.7. The fraction of sp³-hybridized carbons (Fsp3) is 0.421. The van der Waals surface area contributed by atoms with Crippen LogP contribution in [0.5, 0.6) is 0 Å². The van der Waals surface area contributed by atoms with Gasteiger partial charge in [0.25, 0.3) is 0 Å². The van der Waals surface area contributed by atoms with Gasteiger partial charge in [0.2, 0.25) is 0 Å². The highest BCUT2D eigenvalue weighted by molar-refractivity contribution is 7.03. The van der Waals surface area contributed by atoms with Gasteiger partial charge in [-0.15, -0.1) is 0 Å². The van der Waals surface area contributed by atoms with Crippen molar-refractivity contribution in [3.63, 3.8) is 0 Å². The lowest BCUT2D eigenvalue weighted by molar-refractivity contribution is 1.25. The Labute approximate surface area is 136 Å². The quantitative estimate of drug-likeness (QED) is 0.716. The second kappa shape index (κ2) is 5.17. The second-order valence-electron chi connectivity index (χ2n) is 8.23. The molecule has 0 bridgehead atoms. The predicted molar refractivity (Wildman–Crippen MR) is 103 cm³/mol. The zero-order valence-corrected chi connectivity index (χ0v) is 16.7. The maximum atomic E-state index is 4.86. The molecule has 2 aromatic rings. The van der Waals surface area contributed by atoms with Gasteiger partial charge in [-0.25, -0.2) is 0 Å². The van der Waals surface area contributed by atoms with E-state index in [1.807, 2.05) is 0 Å². The zero-order chi connectivity index (χ0) is 16.1. The highest BCUT2D eigenvalue weighted by Gasteiger charge is 2.41. The molecule has 116 valence electrons. The van der Waals surface area contributed by atoms with Crippen molar-refractivity contribution in [2.75, 3.05) is 0 Å². The number of nitrogens with zero attached hydrogens (tertiary/aromatic N) is 1. The molecular formula is C19H27NSi2. The molecule has 1 aromatic carbocycles. The van der Waals surface area contributed by atoms with Crippen LogP contribution >= 0.6 is 0 Å². The van der Waals surface area contributed by atoms with Gasteiger partial charge in [-0.05, 0) is 37.2 Å². The smallest absolute Gasteiger partial charge is 0.0830 e. The minimum atomic E-state index is -1.39. The van der Waals surface area contributed by atoms with Crippen LogP contribution in [-0.2, 0) is 0 Å². The average molecular weight is 326 g/mol. The summed E-state index contributed by atoms with van der Waals surface area (Å²) in [5.41, 5.74) is 5.27. The molecule has 3 heteroatoms. The number of aromatic nitrogens is 1. The summed E-state index contributed by atoms with van der Waals surface area (Å²) in [6, 6.07) is 12.1. The summed E-state index contributed by atoms with van der Waals surface area (Å²) in [6.07, 6.45) is 2.05. The molecule has 0 amide bonds. The van der Waals surface area contributed by atoms with Crippen molar-refractivity contribution in [2.24, 2.45) is 0 Å². The molecule has 1 aliphatic heterocycles. The number of hydrogen-bond acceptors (Lipinski definition) is 1. The van der Waals surface area contributed by atoms with Crippen molar-refractivity contribution in [3.05, 3.63) is 41.6 Å². The maximum Gasteiger partial charge on any atom is 0.0830 e. The zero-order valence-electron chi connectivity index (χ0n) is 14.7. The molecule has 0 saturated heterocycles. The van der Waals surface area contributed by atoms with Crippen LogP contribution in [0.1, 0.15) is 11.1 Å². The maximum absolute atomic E-state index is 4.86. The van der Waals surface area contributed by atoms with Crippen molar-refractivity contribution in [1.82, 2.24) is 4.98 Å². The van der Waals surface area contributed by atoms with Crippen LogP contribution in [0.4, 0.5) is 0 Å². The van der Waals surface area contributed by atoms with Crippen molar-refractivity contribution in [3.8, 4) is 11.3 Å². The van der Waals surface area contributed by atoms with E-state index in [4.69, 9.17) is 4.98 Å². The Balaban J connectivity index is 2.31. The van der Waals surface area contributed by atoms with E-state index in [0.717, 1.165) is 0 Å². The van der Waals surface area contributed by atoms with E-state index in [1.54, 1.807) is 10.4 Å². The van der Waals surface area contributed by atoms with E-state index >= 15 is 0 Å². The van der Waals surface area contributed by atoms with E-state index in [1.165, 1.54) is 34.5 Å². The molecule has 0 aliphatic carbocycles. The molecule has 22 heavy (non-hydrogen) atoms. The van der Waals surface area contributed by atoms with Crippen LogP contribution in [0.3, 0.4) is 0 Å². The Morgan fingerprint density at radius 3 is 2.09 bits per heavy atom. The minimum Gasteiger partial charge on any atom is -0.256 e. The van der Waals surface area contributed by atoms with Gasteiger partial charge in [-0.1, -0.05) is 60.7 Å². The lowest BCUT2D eigenvalue weighted by atomic mass is 10.0. The van der Waals surface area contributed by atoms with Crippen LogP contribution in [0.25, 0.3) is 11.3 Å². The lowest BCUT2D eigenvalue weighted by Crippen LogP contribution is -2.64. The first-order valence-electron chi connectivity index (χ1n) is 8.29. The molecule has 0 N–H and O–H groups in total. The molecule has 1 nitrogen and oxygen atoms in total. The Morgan fingerprint density at radius 2 is 1.45 bits per heavy atom. The summed E-state index contributed by atoms with van der Waals surface area (Å²) >= 11 is 0. The fourth-order valence-electron chi connectivity index (χ4n) is 3.93. The molecular weight excluding hydrogens is 298 g/mol. The number of aryl methyl sites for hydroxylation is 2. The molecule has 0 fully saturated rings. The van der Waals surface area contributed by atoms with Crippen LogP contribution in [0.2, 0.25) is 38.3 Å². The largest absolute Gasteiger partial charge is 0.256 e. The first kappa shape index (κ1) is 15.7. The third kappa shape index (κ3) is 2.61. The Hall–Kier alpha value is -1.20. The van der Waals surface area contributed by atoms with Gasteiger partial charge in [-0.2, -0.15) is 0 Å². The van der Waals surface area contributed by atoms with Crippen molar-refractivity contribution >= 4 is 26.5 Å². The first-order chi connectivity index (χ1) is 10.2. The SMILES string of the molecule is Cc1cc(C)cc(-c2nccc3c2[Si](C)(C)CC[Si]3(C)C)c1. The monoisotopic (exact) mass is 325 g/mol. The van der Waals surface area contributed by atoms with Gasteiger partial charge >= 0.3 is 0 Å². The summed E-state index contributed by atoms with van der Waals surface area (Å²) in [5.74, 6) is 0. The molecule has 2 heterocycles. The van der Waals surface area contributed by atoms with Gasteiger partial charge in [0.05, 0.1) is 21.8 Å². The third-order valence-corrected chi connectivity index (χ3v) is 12.7. The molecule has 0 atom stereocenters. The van der Waals surface area contributed by atoms with Crippen molar-refractivity contribution in [1.29, 1.82) is 0 Å². The number of hydrogen-bond donors (Lipinski definition) is 0. The van der Waals surface area contributed by atoms with Gasteiger partial charge in [0, 0.05) is 11.8 Å². The van der Waals surface area contributed by atoms with E-state index in [9.17, 15) is 0 Å². The van der Waals surface area contributed by atoms with Crippen molar-refractivity contribution < 1.29 is 0 Å². The van der Waals surface area contributed by atoms with Crippen LogP contribution in [0, 0.1) is 13.8 Å². The summed E-state index contributed by atoms with van der Waals surface area (Å²) in [4.78, 5) is 4.86. The molecule has 0 radical (unpaired) electrons. The number of pyridine rings is 1. The van der Waals surface area contributed by atoms with Gasteiger partial charge < -0.3 is 0 Å². The van der Waals surface area contributed by atoms with Crippen LogP contribution in [0.15, 0.2) is 30.5 Å². The third-order valence-electron chi connectivity index (χ3n) is 5.23. The van der Waals surface area contributed by atoms with Gasteiger partial charge in [0.1, 0.15) is 0 Å². The summed E-state index contributed by atoms with van der Waals surface area (Å²) in [5, 5.41) is 3.34. The number of rotatable bonds is 1. The highest BCUT2D eigenvalue weighted by atomic mass is 28.3. The number of fused-ring (bicyclic) bond motifs is 1. The van der Waals surface area contributed by atoms with Crippen molar-refractivity contribution in [2.45, 2.75) is 52.1 Å². The topological polar surface area (TPSA) is 12.9 Å². The van der Waals surface area contributed by atoms with Gasteiger partial charge in [0.15, 0.2) is 0 Å². The van der Waals surface area contributed by atoms with Crippen LogP contribution < -0.4 is 10.4 Å². The molecule has 3 rings (SSSR count). The average Bonchev–Trinajstić information content (AvgIpc) is 2.42. The van der Waals surface area contributed by atoms with E-state index in [0.29, 0.717) is 0 Å². The molecule has 0 unspecified atom stereocenters. The predicted octanol–water partition coefficient (Wildman–Crippen LogP) is 4.21. The molecule has 0 spiro atoms. The van der Waals surface area contributed by atoms with E-state index in [2.05, 4.69) is 70.5 Å². The Morgan fingerprint density at radius 1 is 0.864 bits per heavy atom. The molecule has 1 aliphatic rings. The Kier molecular flexibility index (Phi) is 3.69.